The van der Waals surface area contributed by atoms with Gasteiger partial charge >= 0.3 is 19.7 Å². The molecule has 0 radical (unpaired) electrons. The quantitative estimate of drug-likeness (QED) is 0.113. The Morgan fingerprint density at radius 3 is 2.02 bits per heavy atom. The molecule has 4 aromatic rings. The number of esters is 1. The highest BCUT2D eigenvalue weighted by Crippen LogP contribution is 2.50. The molecule has 1 amide bonds. The number of amides is 1. The molecule has 43 heavy (non-hydrogen) atoms. The first kappa shape index (κ1) is 32.5. The monoisotopic (exact) mass is 647 g/mol. The molecule has 0 fully saturated rings. The van der Waals surface area contributed by atoms with Crippen LogP contribution >= 0.6 is 30.8 Å². The lowest BCUT2D eigenvalue weighted by Gasteiger charge is -2.21. The Balaban J connectivity index is 1.65. The number of nitrogens with zero attached hydrogens (tertiary/aromatic N) is 2. The number of nitrogens with one attached hydrogen (secondary N) is 1. The molecule has 0 aliphatic heterocycles. The summed E-state index contributed by atoms with van der Waals surface area (Å²) in [5.74, 6) is -0.425. The van der Waals surface area contributed by atoms with E-state index in [1.165, 1.54) is 0 Å². The van der Waals surface area contributed by atoms with Crippen LogP contribution in [0, 0.1) is 0 Å². The minimum absolute atomic E-state index is 0.000137. The van der Waals surface area contributed by atoms with Gasteiger partial charge in [-0.15, -0.1) is 0 Å². The first-order valence-electron chi connectivity index (χ1n) is 13.6. The first-order valence-corrected chi connectivity index (χ1v) is 16.1. The second-order valence-electron chi connectivity index (χ2n) is 9.36. The van der Waals surface area contributed by atoms with Crippen molar-refractivity contribution in [2.45, 2.75) is 45.8 Å². The average molecular weight is 648 g/mol. The Morgan fingerprint density at radius 1 is 0.884 bits per heavy atom. The Morgan fingerprint density at radius 2 is 1.44 bits per heavy atom. The van der Waals surface area contributed by atoms with Gasteiger partial charge in [0.2, 0.25) is 0 Å². The smallest absolute Gasteiger partial charge is 0.408 e. The van der Waals surface area contributed by atoms with Crippen molar-refractivity contribution in [3.63, 3.8) is 0 Å². The van der Waals surface area contributed by atoms with E-state index in [2.05, 4.69) is 10.3 Å². The molecule has 3 aromatic carbocycles. The zero-order chi connectivity index (χ0) is 30.8. The van der Waals surface area contributed by atoms with Gasteiger partial charge in [-0.25, -0.2) is 14.6 Å². The fraction of sp³-hybridized carbons (Fsp3) is 0.300. The number of aromatic nitrogens is 2. The molecule has 1 N–H and O–H groups in total. The van der Waals surface area contributed by atoms with Crippen LogP contribution in [0.3, 0.4) is 0 Å². The molecule has 1 aromatic heterocycles. The molecule has 0 bridgehead atoms. The molecule has 13 heteroatoms. The number of fused-ring (bicyclic) bond motifs is 1. The van der Waals surface area contributed by atoms with Crippen molar-refractivity contribution in [2.75, 3.05) is 13.2 Å². The highest BCUT2D eigenvalue weighted by Gasteiger charge is 2.31. The van der Waals surface area contributed by atoms with Crippen LogP contribution in [0.4, 0.5) is 4.79 Å². The fourth-order valence-electron chi connectivity index (χ4n) is 4.28. The minimum atomic E-state index is -3.64. The van der Waals surface area contributed by atoms with E-state index < -0.39 is 25.7 Å². The molecule has 228 valence electrons. The lowest BCUT2D eigenvalue weighted by atomic mass is 10.2. The van der Waals surface area contributed by atoms with Crippen LogP contribution in [0.25, 0.3) is 11.0 Å². The van der Waals surface area contributed by atoms with Crippen LogP contribution in [0.15, 0.2) is 72.8 Å². The zero-order valence-corrected chi connectivity index (χ0v) is 26.1. The van der Waals surface area contributed by atoms with Crippen molar-refractivity contribution in [3.8, 4) is 0 Å². The number of benzene rings is 3. The third kappa shape index (κ3) is 9.05. The second kappa shape index (κ2) is 15.4. The summed E-state index contributed by atoms with van der Waals surface area (Å²) in [6.07, 6.45) is -1.19. The van der Waals surface area contributed by atoms with E-state index in [4.69, 9.17) is 41.7 Å². The summed E-state index contributed by atoms with van der Waals surface area (Å²) in [5.41, 5.74) is 2.48. The molecule has 0 unspecified atom stereocenters. The van der Waals surface area contributed by atoms with Gasteiger partial charge in [-0.1, -0.05) is 83.9 Å². The number of carbonyl (C=O) groups is 2. The standard InChI is InChI=1S/C30H32Cl2N3O7P/c1-3-41-43(38,42-4-2)20-35-27-16-24(32)23(31)15-25(27)33-28(35)17-26(29(36)39-18-21-11-7-5-8-12-21)34-30(37)40-19-22-13-9-6-10-14-22/h5-16,26H,3-4,17-20H2,1-2H3,(H,34,37)/t26-/m1/s1. The summed E-state index contributed by atoms with van der Waals surface area (Å²) < 4.78 is 37.1. The lowest BCUT2D eigenvalue weighted by Crippen LogP contribution is -2.44. The maximum absolute atomic E-state index is 13.6. The maximum atomic E-state index is 13.6. The van der Waals surface area contributed by atoms with Crippen molar-refractivity contribution in [2.24, 2.45) is 0 Å². The summed E-state index contributed by atoms with van der Waals surface area (Å²) in [7, 11) is -3.64. The Labute approximate surface area is 259 Å². The third-order valence-corrected chi connectivity index (χ3v) is 8.89. The highest BCUT2D eigenvalue weighted by molar-refractivity contribution is 7.52. The highest BCUT2D eigenvalue weighted by atomic mass is 35.5. The van der Waals surface area contributed by atoms with Crippen LogP contribution in [-0.2, 0) is 53.8 Å². The van der Waals surface area contributed by atoms with Gasteiger partial charge in [0.15, 0.2) is 0 Å². The first-order chi connectivity index (χ1) is 20.7. The van der Waals surface area contributed by atoms with Crippen molar-refractivity contribution in [3.05, 3.63) is 99.8 Å². The number of hydrogen-bond donors (Lipinski definition) is 1. The molecule has 1 heterocycles. The number of carbonyl (C=O) groups excluding carboxylic acids is 2. The van der Waals surface area contributed by atoms with Crippen LogP contribution in [-0.4, -0.2) is 40.9 Å². The van der Waals surface area contributed by atoms with Crippen LogP contribution in [0.1, 0.15) is 30.8 Å². The van der Waals surface area contributed by atoms with Crippen molar-refractivity contribution >= 4 is 53.9 Å². The number of hydrogen-bond acceptors (Lipinski definition) is 8. The van der Waals surface area contributed by atoms with Gasteiger partial charge < -0.3 is 28.4 Å². The van der Waals surface area contributed by atoms with Gasteiger partial charge in [0, 0.05) is 6.42 Å². The molecule has 0 aliphatic rings. The van der Waals surface area contributed by atoms with Crippen molar-refractivity contribution < 1.29 is 32.7 Å². The van der Waals surface area contributed by atoms with Crippen LogP contribution in [0.5, 0.6) is 0 Å². The van der Waals surface area contributed by atoms with E-state index in [9.17, 15) is 14.2 Å². The van der Waals surface area contributed by atoms with E-state index in [1.54, 1.807) is 30.5 Å². The largest absolute Gasteiger partial charge is 0.459 e. The molecule has 0 saturated carbocycles. The number of alkyl carbamates (subject to hydrolysis) is 1. The van der Waals surface area contributed by atoms with Crippen molar-refractivity contribution in [1.29, 1.82) is 0 Å². The maximum Gasteiger partial charge on any atom is 0.408 e. The number of imidazole rings is 1. The van der Waals surface area contributed by atoms with Gasteiger partial charge in [0.05, 0.1) is 34.3 Å². The number of rotatable bonds is 14. The summed E-state index contributed by atoms with van der Waals surface area (Å²) in [6.45, 7) is 3.70. The van der Waals surface area contributed by atoms with E-state index in [0.29, 0.717) is 11.0 Å². The molecule has 0 spiro atoms. The molecule has 0 saturated heterocycles. The SMILES string of the molecule is CCOP(=O)(Cn1c(C[C@@H](NC(=O)OCc2ccccc2)C(=O)OCc2ccccc2)nc2cc(Cl)c(Cl)cc21)OCC. The molecule has 0 aliphatic carbocycles. The summed E-state index contributed by atoms with van der Waals surface area (Å²) in [6, 6.07) is 20.2. The second-order valence-corrected chi connectivity index (χ2v) is 12.2. The van der Waals surface area contributed by atoms with Gasteiger partial charge in [0.1, 0.15) is 31.4 Å². The number of halogens is 2. The van der Waals surface area contributed by atoms with Gasteiger partial charge in [-0.3, -0.25) is 4.57 Å². The lowest BCUT2D eigenvalue weighted by molar-refractivity contribution is -0.147. The topological polar surface area (TPSA) is 118 Å². The Hall–Kier alpha value is -3.40. The summed E-state index contributed by atoms with van der Waals surface area (Å²) in [5, 5.41) is 3.13. The Kier molecular flexibility index (Phi) is 11.6. The molecular formula is C30H32Cl2N3O7P. The summed E-state index contributed by atoms with van der Waals surface area (Å²) >= 11 is 12.6. The third-order valence-electron chi connectivity index (χ3n) is 6.24. The average Bonchev–Trinajstić information content (AvgIpc) is 3.30. The normalized spacial score (nSPS) is 12.2. The van der Waals surface area contributed by atoms with E-state index in [0.717, 1.165) is 11.1 Å². The molecule has 1 atom stereocenters. The van der Waals surface area contributed by atoms with E-state index in [1.807, 2.05) is 60.7 Å². The van der Waals surface area contributed by atoms with E-state index in [-0.39, 0.29) is 55.0 Å². The number of ether oxygens (including phenoxy) is 2. The van der Waals surface area contributed by atoms with Crippen molar-refractivity contribution in [1.82, 2.24) is 14.9 Å². The van der Waals surface area contributed by atoms with Crippen LogP contribution < -0.4 is 5.32 Å². The predicted octanol–water partition coefficient (Wildman–Crippen LogP) is 7.15. The summed E-state index contributed by atoms with van der Waals surface area (Å²) in [4.78, 5) is 30.9. The Bertz CT molecular complexity index is 1580. The van der Waals surface area contributed by atoms with Gasteiger partial charge in [0.25, 0.3) is 0 Å². The molecule has 10 nitrogen and oxygen atoms in total. The van der Waals surface area contributed by atoms with E-state index >= 15 is 0 Å². The minimum Gasteiger partial charge on any atom is -0.459 e. The fourth-order valence-corrected chi connectivity index (χ4v) is 6.28. The van der Waals surface area contributed by atoms with Gasteiger partial charge in [-0.05, 0) is 37.1 Å². The molecular weight excluding hydrogens is 616 g/mol. The zero-order valence-electron chi connectivity index (χ0n) is 23.7. The molecule has 4 rings (SSSR count). The van der Waals surface area contributed by atoms with Crippen LogP contribution in [0.2, 0.25) is 10.0 Å². The van der Waals surface area contributed by atoms with Gasteiger partial charge in [-0.2, -0.15) is 0 Å². The predicted molar refractivity (Wildman–Crippen MR) is 164 cm³/mol.